The molecule has 0 N–H and O–H groups in total. The predicted molar refractivity (Wildman–Crippen MR) is 88.5 cm³/mol. The third kappa shape index (κ3) is 6.06. The van der Waals surface area contributed by atoms with Crippen LogP contribution in [0.1, 0.15) is 44.5 Å². The number of ether oxygens (including phenoxy) is 1. The summed E-state index contributed by atoms with van der Waals surface area (Å²) < 4.78 is 5.74. The number of ketones is 1. The first-order valence-corrected chi connectivity index (χ1v) is 8.03. The van der Waals surface area contributed by atoms with Gasteiger partial charge in [0.05, 0.1) is 12.2 Å². The highest BCUT2D eigenvalue weighted by Crippen LogP contribution is 2.25. The first-order valence-electron chi connectivity index (χ1n) is 7.65. The molecule has 0 heterocycles. The van der Waals surface area contributed by atoms with E-state index in [2.05, 4.69) is 32.6 Å². The molecule has 1 aromatic rings. The molecule has 0 fully saturated rings. The summed E-state index contributed by atoms with van der Waals surface area (Å²) in [7, 11) is 0. The third-order valence-electron chi connectivity index (χ3n) is 3.36. The summed E-state index contributed by atoms with van der Waals surface area (Å²) >= 11 is 6.02. The van der Waals surface area contributed by atoms with Crippen molar-refractivity contribution < 1.29 is 9.53 Å². The molecular weight excluding hydrogens is 286 g/mol. The fraction of sp³-hybridized carbons (Fsp3) is 0.588. The lowest BCUT2D eigenvalue weighted by Crippen LogP contribution is -2.25. The Balaban J connectivity index is 2.78. The van der Waals surface area contributed by atoms with Gasteiger partial charge in [-0.3, -0.25) is 4.79 Å². The molecule has 0 aliphatic carbocycles. The highest BCUT2D eigenvalue weighted by atomic mass is 35.5. The van der Waals surface area contributed by atoms with Gasteiger partial charge in [0.2, 0.25) is 0 Å². The van der Waals surface area contributed by atoms with Crippen LogP contribution in [-0.2, 0) is 0 Å². The lowest BCUT2D eigenvalue weighted by Gasteiger charge is -2.18. The molecule has 0 aliphatic heterocycles. The molecule has 118 valence electrons. The number of hydrogen-bond donors (Lipinski definition) is 0. The van der Waals surface area contributed by atoms with Crippen LogP contribution in [0.3, 0.4) is 0 Å². The number of halogens is 1. The highest BCUT2D eigenvalue weighted by molar-refractivity contribution is 6.31. The zero-order valence-corrected chi connectivity index (χ0v) is 14.2. The summed E-state index contributed by atoms with van der Waals surface area (Å²) in [4.78, 5) is 14.7. The molecular formula is C17H26ClNO2. The van der Waals surface area contributed by atoms with Gasteiger partial charge in [0.15, 0.2) is 5.78 Å². The molecule has 0 saturated heterocycles. The van der Waals surface area contributed by atoms with Crippen LogP contribution >= 0.6 is 11.6 Å². The lowest BCUT2D eigenvalue weighted by atomic mass is 10.1. The molecule has 3 nitrogen and oxygen atoms in total. The molecule has 1 aromatic carbocycles. The number of nitrogens with zero attached hydrogens (tertiary/aromatic N) is 1. The number of carbonyl (C=O) groups excluding carboxylic acids is 1. The van der Waals surface area contributed by atoms with Crippen molar-refractivity contribution in [2.24, 2.45) is 5.92 Å². The Morgan fingerprint density at radius 1 is 1.29 bits per heavy atom. The van der Waals surface area contributed by atoms with Gasteiger partial charge < -0.3 is 9.64 Å². The van der Waals surface area contributed by atoms with Crippen molar-refractivity contribution in [3.8, 4) is 5.75 Å². The zero-order valence-electron chi connectivity index (χ0n) is 13.5. The van der Waals surface area contributed by atoms with Gasteiger partial charge in [0.1, 0.15) is 5.75 Å². The second kappa shape index (κ2) is 9.06. The summed E-state index contributed by atoms with van der Waals surface area (Å²) in [5, 5.41) is 0.568. The standard InChI is InChI=1S/C17H26ClNO2/c1-5-19(6-2)10-9-16(20)15-11-14(18)7-8-17(15)21-12-13(3)4/h7-8,11,13H,5-6,9-10,12H2,1-4H3. The Kier molecular flexibility index (Phi) is 7.76. The minimum absolute atomic E-state index is 0.0863. The van der Waals surface area contributed by atoms with Crippen LogP contribution in [0.2, 0.25) is 5.02 Å². The van der Waals surface area contributed by atoms with E-state index in [4.69, 9.17) is 16.3 Å². The van der Waals surface area contributed by atoms with E-state index in [9.17, 15) is 4.79 Å². The van der Waals surface area contributed by atoms with Crippen molar-refractivity contribution in [1.29, 1.82) is 0 Å². The fourth-order valence-corrected chi connectivity index (χ4v) is 2.21. The maximum Gasteiger partial charge on any atom is 0.167 e. The van der Waals surface area contributed by atoms with Gasteiger partial charge in [0.25, 0.3) is 0 Å². The van der Waals surface area contributed by atoms with Gasteiger partial charge in [-0.2, -0.15) is 0 Å². The Morgan fingerprint density at radius 2 is 1.95 bits per heavy atom. The van der Waals surface area contributed by atoms with Gasteiger partial charge >= 0.3 is 0 Å². The Hall–Kier alpha value is -1.06. The molecule has 0 spiro atoms. The van der Waals surface area contributed by atoms with Crippen molar-refractivity contribution in [1.82, 2.24) is 4.90 Å². The molecule has 0 amide bonds. The number of hydrogen-bond acceptors (Lipinski definition) is 3. The number of carbonyl (C=O) groups is 1. The van der Waals surface area contributed by atoms with Crippen LogP contribution < -0.4 is 4.74 Å². The quantitative estimate of drug-likeness (QED) is 0.637. The molecule has 1 rings (SSSR count). The maximum atomic E-state index is 12.4. The number of benzene rings is 1. The van der Waals surface area contributed by atoms with Gasteiger partial charge in [-0.25, -0.2) is 0 Å². The normalized spacial score (nSPS) is 11.2. The smallest absolute Gasteiger partial charge is 0.167 e. The van der Waals surface area contributed by atoms with Crippen LogP contribution in [-0.4, -0.2) is 36.9 Å². The second-order valence-electron chi connectivity index (χ2n) is 5.55. The molecule has 0 bridgehead atoms. The van der Waals surface area contributed by atoms with E-state index < -0.39 is 0 Å². The fourth-order valence-electron chi connectivity index (χ4n) is 2.04. The van der Waals surface area contributed by atoms with Crippen molar-refractivity contribution >= 4 is 17.4 Å². The summed E-state index contributed by atoms with van der Waals surface area (Å²) in [6.45, 7) is 11.6. The van der Waals surface area contributed by atoms with E-state index >= 15 is 0 Å². The van der Waals surface area contributed by atoms with E-state index in [1.54, 1.807) is 18.2 Å². The second-order valence-corrected chi connectivity index (χ2v) is 5.98. The highest BCUT2D eigenvalue weighted by Gasteiger charge is 2.15. The first kappa shape index (κ1) is 18.0. The molecule has 0 radical (unpaired) electrons. The van der Waals surface area contributed by atoms with E-state index in [0.717, 1.165) is 19.6 Å². The molecule has 0 saturated carbocycles. The van der Waals surface area contributed by atoms with E-state index in [1.807, 2.05) is 0 Å². The molecule has 4 heteroatoms. The lowest BCUT2D eigenvalue weighted by molar-refractivity contribution is 0.0961. The van der Waals surface area contributed by atoms with Gasteiger partial charge in [-0.1, -0.05) is 39.3 Å². The summed E-state index contributed by atoms with van der Waals surface area (Å²) in [5.41, 5.74) is 0.593. The van der Waals surface area contributed by atoms with Crippen LogP contribution in [0.25, 0.3) is 0 Å². The molecule has 0 unspecified atom stereocenters. The average Bonchev–Trinajstić information content (AvgIpc) is 2.46. The van der Waals surface area contributed by atoms with E-state index in [0.29, 0.717) is 35.3 Å². The SMILES string of the molecule is CCN(CC)CCC(=O)c1cc(Cl)ccc1OCC(C)C. The topological polar surface area (TPSA) is 29.5 Å². The molecule has 0 aliphatic rings. The van der Waals surface area contributed by atoms with Crippen LogP contribution in [0.5, 0.6) is 5.75 Å². The van der Waals surface area contributed by atoms with Crippen molar-refractivity contribution in [2.45, 2.75) is 34.1 Å². The van der Waals surface area contributed by atoms with E-state index in [-0.39, 0.29) is 5.78 Å². The number of Topliss-reactive ketones (excluding diaryl/α,β-unsaturated/α-hetero) is 1. The van der Waals surface area contributed by atoms with Crippen LogP contribution in [0, 0.1) is 5.92 Å². The van der Waals surface area contributed by atoms with Crippen LogP contribution in [0.4, 0.5) is 0 Å². The molecule has 21 heavy (non-hydrogen) atoms. The Labute approximate surface area is 133 Å². The molecule has 0 aromatic heterocycles. The Morgan fingerprint density at radius 3 is 2.52 bits per heavy atom. The Bertz CT molecular complexity index is 456. The first-order chi connectivity index (χ1) is 9.97. The van der Waals surface area contributed by atoms with Gasteiger partial charge in [-0.15, -0.1) is 0 Å². The van der Waals surface area contributed by atoms with Gasteiger partial charge in [-0.05, 0) is 37.2 Å². The minimum atomic E-state index is 0.0863. The maximum absolute atomic E-state index is 12.4. The zero-order chi connectivity index (χ0) is 15.8. The van der Waals surface area contributed by atoms with Gasteiger partial charge in [0, 0.05) is 18.0 Å². The summed E-state index contributed by atoms with van der Waals surface area (Å²) in [6.07, 6.45) is 0.486. The minimum Gasteiger partial charge on any atom is -0.493 e. The summed E-state index contributed by atoms with van der Waals surface area (Å²) in [5.74, 6) is 1.14. The monoisotopic (exact) mass is 311 g/mol. The number of rotatable bonds is 9. The van der Waals surface area contributed by atoms with E-state index in [1.165, 1.54) is 0 Å². The van der Waals surface area contributed by atoms with Crippen molar-refractivity contribution in [2.75, 3.05) is 26.2 Å². The third-order valence-corrected chi connectivity index (χ3v) is 3.60. The van der Waals surface area contributed by atoms with Crippen LogP contribution in [0.15, 0.2) is 18.2 Å². The largest absolute Gasteiger partial charge is 0.493 e. The summed E-state index contributed by atoms with van der Waals surface area (Å²) in [6, 6.07) is 5.26. The van der Waals surface area contributed by atoms with Crippen molar-refractivity contribution in [3.05, 3.63) is 28.8 Å². The van der Waals surface area contributed by atoms with Crippen molar-refractivity contribution in [3.63, 3.8) is 0 Å². The predicted octanol–water partition coefficient (Wildman–Crippen LogP) is 4.29. The molecule has 0 atom stereocenters. The average molecular weight is 312 g/mol.